The van der Waals surface area contributed by atoms with E-state index in [4.69, 9.17) is 0 Å². The second-order valence-electron chi connectivity index (χ2n) is 9.06. The summed E-state index contributed by atoms with van der Waals surface area (Å²) in [5.74, 6) is -0.502. The van der Waals surface area contributed by atoms with Gasteiger partial charge in [0.25, 0.3) is 5.91 Å². The predicted octanol–water partition coefficient (Wildman–Crippen LogP) is 3.78. The number of likely N-dealkylation sites (tertiary alicyclic amines) is 1. The lowest BCUT2D eigenvalue weighted by atomic mass is 9.89. The van der Waals surface area contributed by atoms with E-state index in [0.717, 1.165) is 38.8 Å². The van der Waals surface area contributed by atoms with Crippen LogP contribution in [0.1, 0.15) is 65.7 Å². The molecule has 2 amide bonds. The van der Waals surface area contributed by atoms with E-state index in [0.29, 0.717) is 12.1 Å². The minimum absolute atomic E-state index is 0.0118. The van der Waals surface area contributed by atoms with Crippen LogP contribution in [0.4, 0.5) is 4.39 Å². The summed E-state index contributed by atoms with van der Waals surface area (Å²) in [6.07, 6.45) is 6.40. The number of halogens is 1. The van der Waals surface area contributed by atoms with Gasteiger partial charge in [0.05, 0.1) is 12.6 Å². The highest BCUT2D eigenvalue weighted by Crippen LogP contribution is 2.24. The van der Waals surface area contributed by atoms with Crippen LogP contribution < -0.4 is 10.6 Å². The second-order valence-corrected chi connectivity index (χ2v) is 9.06. The maximum absolute atomic E-state index is 13.0. The van der Waals surface area contributed by atoms with Crippen molar-refractivity contribution in [3.05, 3.63) is 70.5 Å². The van der Waals surface area contributed by atoms with E-state index in [-0.39, 0.29) is 29.7 Å². The van der Waals surface area contributed by atoms with Gasteiger partial charge in [0.15, 0.2) is 0 Å². The van der Waals surface area contributed by atoms with Crippen molar-refractivity contribution in [3.63, 3.8) is 0 Å². The highest BCUT2D eigenvalue weighted by molar-refractivity contribution is 5.94. The number of amides is 2. The van der Waals surface area contributed by atoms with Crippen LogP contribution in [-0.4, -0.2) is 42.4 Å². The summed E-state index contributed by atoms with van der Waals surface area (Å²) in [5, 5.41) is 6.16. The van der Waals surface area contributed by atoms with Crippen LogP contribution in [0.25, 0.3) is 0 Å². The Bertz CT molecular complexity index is 952. The maximum atomic E-state index is 13.0. The Hall–Kier alpha value is -2.73. The van der Waals surface area contributed by atoms with E-state index < -0.39 is 0 Å². The fraction of sp³-hybridized carbons (Fsp3) is 0.462. The number of piperidine rings is 1. The summed E-state index contributed by atoms with van der Waals surface area (Å²) in [6, 6.07) is 12.3. The SMILES string of the molecule is C[C@H](NC(=O)CN1CCC(NC(=O)c2ccc(F)cc2)CC1)c1ccc2c(c1)CCCC2. The Kier molecular flexibility index (Phi) is 7.20. The quantitative estimate of drug-likeness (QED) is 0.723. The molecule has 32 heavy (non-hydrogen) atoms. The average Bonchev–Trinajstić information content (AvgIpc) is 2.80. The lowest BCUT2D eigenvalue weighted by Gasteiger charge is -2.32. The molecular formula is C26H32FN3O2. The molecule has 6 heteroatoms. The van der Waals surface area contributed by atoms with E-state index in [1.54, 1.807) is 0 Å². The molecule has 170 valence electrons. The van der Waals surface area contributed by atoms with Gasteiger partial charge in [-0.3, -0.25) is 14.5 Å². The number of carbonyl (C=O) groups excluding carboxylic acids is 2. The van der Waals surface area contributed by atoms with E-state index in [2.05, 4.69) is 33.7 Å². The Morgan fingerprint density at radius 2 is 1.72 bits per heavy atom. The van der Waals surface area contributed by atoms with Crippen LogP contribution in [-0.2, 0) is 17.6 Å². The number of nitrogens with zero attached hydrogens (tertiary/aromatic N) is 1. The molecule has 0 bridgehead atoms. The second kappa shape index (κ2) is 10.3. The third-order valence-corrected chi connectivity index (χ3v) is 6.65. The topological polar surface area (TPSA) is 61.4 Å². The molecule has 1 fully saturated rings. The first-order valence-electron chi connectivity index (χ1n) is 11.7. The first kappa shape index (κ1) is 22.5. The van der Waals surface area contributed by atoms with E-state index in [1.165, 1.54) is 53.8 Å². The highest BCUT2D eigenvalue weighted by Gasteiger charge is 2.23. The summed E-state index contributed by atoms with van der Waals surface area (Å²) in [7, 11) is 0. The molecule has 2 N–H and O–H groups in total. The molecular weight excluding hydrogens is 405 g/mol. The molecule has 2 aliphatic rings. The van der Waals surface area contributed by atoms with Crippen molar-refractivity contribution in [2.45, 2.75) is 57.5 Å². The van der Waals surface area contributed by atoms with Crippen LogP contribution in [0.2, 0.25) is 0 Å². The van der Waals surface area contributed by atoms with Gasteiger partial charge in [-0.1, -0.05) is 18.2 Å². The standard InChI is InChI=1S/C26H32FN3O2/c1-18(21-7-6-19-4-2-3-5-22(19)16-21)28-25(31)17-30-14-12-24(13-15-30)29-26(32)20-8-10-23(27)11-9-20/h6-11,16,18,24H,2-5,12-15,17H2,1H3,(H,28,31)(H,29,32)/t18-/m0/s1. The fourth-order valence-electron chi connectivity index (χ4n) is 4.70. The first-order valence-corrected chi connectivity index (χ1v) is 11.7. The molecule has 0 aromatic heterocycles. The third-order valence-electron chi connectivity index (χ3n) is 6.65. The molecule has 4 rings (SSSR count). The van der Waals surface area contributed by atoms with Gasteiger partial charge < -0.3 is 10.6 Å². The van der Waals surface area contributed by atoms with E-state index in [9.17, 15) is 14.0 Å². The number of hydrogen-bond acceptors (Lipinski definition) is 3. The Morgan fingerprint density at radius 1 is 1.03 bits per heavy atom. The zero-order valence-corrected chi connectivity index (χ0v) is 18.7. The molecule has 1 saturated heterocycles. The maximum Gasteiger partial charge on any atom is 0.251 e. The number of hydrogen-bond donors (Lipinski definition) is 2. The number of benzene rings is 2. The average molecular weight is 438 g/mol. The van der Waals surface area contributed by atoms with Crippen molar-refractivity contribution in [1.82, 2.24) is 15.5 Å². The smallest absolute Gasteiger partial charge is 0.251 e. The Morgan fingerprint density at radius 3 is 2.44 bits per heavy atom. The number of fused-ring (bicyclic) bond motifs is 1. The minimum atomic E-state index is -0.353. The van der Waals surface area contributed by atoms with Crippen molar-refractivity contribution in [3.8, 4) is 0 Å². The van der Waals surface area contributed by atoms with Crippen LogP contribution >= 0.6 is 0 Å². The lowest BCUT2D eigenvalue weighted by molar-refractivity contribution is -0.123. The largest absolute Gasteiger partial charge is 0.349 e. The molecule has 0 saturated carbocycles. The van der Waals surface area contributed by atoms with Crippen LogP contribution in [0.3, 0.4) is 0 Å². The molecule has 1 atom stereocenters. The summed E-state index contributed by atoms with van der Waals surface area (Å²) < 4.78 is 13.0. The molecule has 0 radical (unpaired) electrons. The zero-order chi connectivity index (χ0) is 22.5. The molecule has 2 aromatic rings. The lowest BCUT2D eigenvalue weighted by Crippen LogP contribution is -2.47. The summed E-state index contributed by atoms with van der Waals surface area (Å²) in [5.41, 5.74) is 4.51. The van der Waals surface area contributed by atoms with Gasteiger partial charge in [-0.25, -0.2) is 4.39 Å². The number of nitrogens with one attached hydrogen (secondary N) is 2. The van der Waals surface area contributed by atoms with Crippen molar-refractivity contribution in [2.75, 3.05) is 19.6 Å². The van der Waals surface area contributed by atoms with Gasteiger partial charge in [-0.15, -0.1) is 0 Å². The molecule has 0 spiro atoms. The van der Waals surface area contributed by atoms with Gasteiger partial charge in [0, 0.05) is 24.7 Å². The van der Waals surface area contributed by atoms with Crippen molar-refractivity contribution in [2.24, 2.45) is 0 Å². The number of aryl methyl sites for hydroxylation is 2. The molecule has 0 unspecified atom stereocenters. The molecule has 2 aromatic carbocycles. The monoisotopic (exact) mass is 437 g/mol. The highest BCUT2D eigenvalue weighted by atomic mass is 19.1. The van der Waals surface area contributed by atoms with Crippen LogP contribution in [0.5, 0.6) is 0 Å². The third kappa shape index (κ3) is 5.74. The number of rotatable bonds is 6. The predicted molar refractivity (Wildman–Crippen MR) is 123 cm³/mol. The molecule has 1 aliphatic heterocycles. The van der Waals surface area contributed by atoms with Gasteiger partial charge >= 0.3 is 0 Å². The van der Waals surface area contributed by atoms with E-state index in [1.807, 2.05) is 6.92 Å². The molecule has 1 heterocycles. The molecule has 5 nitrogen and oxygen atoms in total. The van der Waals surface area contributed by atoms with Crippen LogP contribution in [0.15, 0.2) is 42.5 Å². The van der Waals surface area contributed by atoms with Crippen molar-refractivity contribution in [1.29, 1.82) is 0 Å². The Labute approximate surface area is 189 Å². The summed E-state index contributed by atoms with van der Waals surface area (Å²) >= 11 is 0. The fourth-order valence-corrected chi connectivity index (χ4v) is 4.70. The van der Waals surface area contributed by atoms with Gasteiger partial charge in [-0.05, 0) is 86.4 Å². The van der Waals surface area contributed by atoms with E-state index >= 15 is 0 Å². The zero-order valence-electron chi connectivity index (χ0n) is 18.7. The van der Waals surface area contributed by atoms with Gasteiger partial charge in [0.1, 0.15) is 5.82 Å². The Balaban J connectivity index is 1.21. The van der Waals surface area contributed by atoms with Crippen molar-refractivity contribution < 1.29 is 14.0 Å². The summed E-state index contributed by atoms with van der Waals surface area (Å²) in [4.78, 5) is 27.1. The molecule has 1 aliphatic carbocycles. The van der Waals surface area contributed by atoms with Gasteiger partial charge in [0.2, 0.25) is 5.91 Å². The normalized spacial score (nSPS) is 17.9. The van der Waals surface area contributed by atoms with Crippen LogP contribution in [0, 0.1) is 5.82 Å². The minimum Gasteiger partial charge on any atom is -0.349 e. The summed E-state index contributed by atoms with van der Waals surface area (Å²) in [6.45, 7) is 3.93. The van der Waals surface area contributed by atoms with Gasteiger partial charge in [-0.2, -0.15) is 0 Å². The first-order chi connectivity index (χ1) is 15.5. The number of carbonyl (C=O) groups is 2. The van der Waals surface area contributed by atoms with Crippen molar-refractivity contribution >= 4 is 11.8 Å².